The lowest BCUT2D eigenvalue weighted by atomic mass is 10.0. The molecule has 0 radical (unpaired) electrons. The Hall–Kier alpha value is -4.72. The van der Waals surface area contributed by atoms with Gasteiger partial charge in [0.25, 0.3) is 0 Å². The molecule has 0 atom stereocenters. The Bertz CT molecular complexity index is 1610. The summed E-state index contributed by atoms with van der Waals surface area (Å²) in [4.78, 5) is 25.9. The predicted molar refractivity (Wildman–Crippen MR) is 147 cm³/mol. The normalized spacial score (nSPS) is 11.0. The lowest BCUT2D eigenvalue weighted by molar-refractivity contribution is -0.114. The lowest BCUT2D eigenvalue weighted by Crippen LogP contribution is -2.05. The number of benzene rings is 3. The number of rotatable bonds is 9. The molecule has 1 aromatic heterocycles. The Kier molecular flexibility index (Phi) is 8.33. The van der Waals surface area contributed by atoms with Crippen molar-refractivity contribution in [3.8, 4) is 17.9 Å². The Labute approximate surface area is 225 Å². The van der Waals surface area contributed by atoms with Gasteiger partial charge in [0.2, 0.25) is 0 Å². The number of carbonyl (C=O) groups excluding carboxylic acids is 2. The predicted octanol–water partition coefficient (Wildman–Crippen LogP) is 6.56. The highest BCUT2D eigenvalue weighted by Gasteiger charge is 2.23. The number of allylic oxidation sites excluding steroid dienone is 1. The van der Waals surface area contributed by atoms with Crippen molar-refractivity contribution in [3.63, 3.8) is 0 Å². The largest absolute Gasteiger partial charge is 0.489 e. The van der Waals surface area contributed by atoms with E-state index in [9.17, 15) is 20.1 Å². The van der Waals surface area contributed by atoms with Crippen molar-refractivity contribution < 1.29 is 19.1 Å². The molecule has 1 heterocycles. The van der Waals surface area contributed by atoms with Crippen LogP contribution in [0.1, 0.15) is 43.7 Å². The summed E-state index contributed by atoms with van der Waals surface area (Å²) in [6.07, 6.45) is 1.36. The highest BCUT2D eigenvalue weighted by atomic mass is 32.1. The number of thiophene rings is 1. The molecular weight excluding hydrogens is 496 g/mol. The van der Waals surface area contributed by atoms with Crippen molar-refractivity contribution in [2.24, 2.45) is 0 Å². The van der Waals surface area contributed by atoms with Gasteiger partial charge in [0.05, 0.1) is 17.7 Å². The van der Waals surface area contributed by atoms with Crippen LogP contribution in [0.5, 0.6) is 5.75 Å². The summed E-state index contributed by atoms with van der Waals surface area (Å²) in [5.41, 5.74) is 2.47. The zero-order valence-electron chi connectivity index (χ0n) is 21.0. The molecule has 188 valence electrons. The summed E-state index contributed by atoms with van der Waals surface area (Å²) < 4.78 is 11.0. The van der Waals surface area contributed by atoms with E-state index in [0.717, 1.165) is 27.7 Å². The summed E-state index contributed by atoms with van der Waals surface area (Å²) in [7, 11) is 0. The number of esters is 1. The SMILES string of the molecule is CCOC(=O)c1sc(CC(=O)/C(C#N)=C/c2ccc(OCc3cccc4ccccc34)cc2)c(C#N)c1C. The van der Waals surface area contributed by atoms with Gasteiger partial charge in [-0.1, -0.05) is 54.6 Å². The highest BCUT2D eigenvalue weighted by Crippen LogP contribution is 2.30. The maximum absolute atomic E-state index is 12.9. The van der Waals surface area contributed by atoms with Gasteiger partial charge in [0.15, 0.2) is 5.78 Å². The summed E-state index contributed by atoms with van der Waals surface area (Å²) in [6, 6.07) is 25.4. The number of nitrogens with zero attached hydrogens (tertiary/aromatic N) is 2. The second-order valence-electron chi connectivity index (χ2n) is 8.45. The van der Waals surface area contributed by atoms with E-state index in [1.54, 1.807) is 38.1 Å². The molecule has 4 rings (SSSR count). The highest BCUT2D eigenvalue weighted by molar-refractivity contribution is 7.14. The van der Waals surface area contributed by atoms with Crippen LogP contribution in [-0.2, 0) is 22.6 Å². The van der Waals surface area contributed by atoms with Gasteiger partial charge in [0, 0.05) is 11.3 Å². The van der Waals surface area contributed by atoms with Crippen LogP contribution in [0.3, 0.4) is 0 Å². The zero-order valence-corrected chi connectivity index (χ0v) is 21.8. The molecule has 0 aliphatic rings. The number of carbonyl (C=O) groups is 2. The molecule has 0 aliphatic heterocycles. The van der Waals surface area contributed by atoms with Crippen molar-refractivity contribution in [1.29, 1.82) is 10.5 Å². The van der Waals surface area contributed by atoms with Gasteiger partial charge in [-0.05, 0) is 59.5 Å². The van der Waals surface area contributed by atoms with Crippen molar-refractivity contribution in [2.45, 2.75) is 26.9 Å². The minimum absolute atomic E-state index is 0.0398. The molecule has 0 bridgehead atoms. The van der Waals surface area contributed by atoms with E-state index in [4.69, 9.17) is 9.47 Å². The van der Waals surface area contributed by atoms with Crippen LogP contribution >= 0.6 is 11.3 Å². The molecule has 0 N–H and O–H groups in total. The van der Waals surface area contributed by atoms with Crippen LogP contribution in [0.2, 0.25) is 0 Å². The zero-order chi connectivity index (χ0) is 27.1. The number of fused-ring (bicyclic) bond motifs is 1. The smallest absolute Gasteiger partial charge is 0.348 e. The maximum atomic E-state index is 12.9. The minimum atomic E-state index is -0.524. The first kappa shape index (κ1) is 26.3. The molecule has 0 amide bonds. The summed E-state index contributed by atoms with van der Waals surface area (Å²) in [5.74, 6) is -0.292. The van der Waals surface area contributed by atoms with E-state index < -0.39 is 11.8 Å². The molecule has 0 saturated carbocycles. The van der Waals surface area contributed by atoms with Gasteiger partial charge < -0.3 is 9.47 Å². The minimum Gasteiger partial charge on any atom is -0.489 e. The summed E-state index contributed by atoms with van der Waals surface area (Å²) >= 11 is 1.06. The van der Waals surface area contributed by atoms with Crippen molar-refractivity contribution in [2.75, 3.05) is 6.61 Å². The average Bonchev–Trinajstić information content (AvgIpc) is 3.25. The molecular formula is C31H24N2O4S. The molecule has 0 spiro atoms. The fraction of sp³-hybridized carbons (Fsp3) is 0.161. The van der Waals surface area contributed by atoms with E-state index in [-0.39, 0.29) is 24.2 Å². The van der Waals surface area contributed by atoms with Crippen molar-refractivity contribution in [3.05, 3.63) is 104 Å². The van der Waals surface area contributed by atoms with Gasteiger partial charge in [-0.3, -0.25) is 4.79 Å². The fourth-order valence-corrected chi connectivity index (χ4v) is 5.21. The molecule has 6 nitrogen and oxygen atoms in total. The van der Waals surface area contributed by atoms with E-state index >= 15 is 0 Å². The van der Waals surface area contributed by atoms with Crippen LogP contribution < -0.4 is 4.74 Å². The maximum Gasteiger partial charge on any atom is 0.348 e. The van der Waals surface area contributed by atoms with E-state index in [0.29, 0.717) is 33.2 Å². The molecule has 7 heteroatoms. The van der Waals surface area contributed by atoms with Crippen LogP contribution in [0.15, 0.2) is 72.3 Å². The van der Waals surface area contributed by atoms with E-state index in [2.05, 4.69) is 24.3 Å². The Morgan fingerprint density at radius 1 is 1.00 bits per heavy atom. The van der Waals surface area contributed by atoms with Gasteiger partial charge in [-0.15, -0.1) is 11.3 Å². The first-order chi connectivity index (χ1) is 18.4. The molecule has 0 aliphatic carbocycles. The number of nitriles is 2. The molecule has 0 fully saturated rings. The van der Waals surface area contributed by atoms with Gasteiger partial charge in [0.1, 0.15) is 29.4 Å². The number of hydrogen-bond acceptors (Lipinski definition) is 7. The van der Waals surface area contributed by atoms with Crippen LogP contribution in [0, 0.1) is 29.6 Å². The number of ketones is 1. The number of ether oxygens (including phenoxy) is 2. The standard InChI is InChI=1S/C31H24N2O4S/c1-3-36-31(35)30-20(2)27(18-33)29(38-30)16-28(34)24(17-32)15-21-11-13-25(14-12-21)37-19-23-9-6-8-22-7-4-5-10-26(22)23/h4-15H,3,16,19H2,1-2H3/b24-15+. The average molecular weight is 521 g/mol. The Morgan fingerprint density at radius 2 is 1.74 bits per heavy atom. The third-order valence-electron chi connectivity index (χ3n) is 6.00. The quantitative estimate of drug-likeness (QED) is 0.141. The second kappa shape index (κ2) is 12.0. The van der Waals surface area contributed by atoms with Crippen LogP contribution in [0.4, 0.5) is 0 Å². The number of hydrogen-bond donors (Lipinski definition) is 0. The number of Topliss-reactive ketones (excluding diaryl/α,β-unsaturated/α-hetero) is 1. The molecule has 4 aromatic rings. The van der Waals surface area contributed by atoms with Crippen LogP contribution in [0.25, 0.3) is 16.8 Å². The fourth-order valence-electron chi connectivity index (χ4n) is 4.06. The van der Waals surface area contributed by atoms with Crippen molar-refractivity contribution >= 4 is 39.9 Å². The molecule has 0 unspecified atom stereocenters. The Balaban J connectivity index is 1.46. The van der Waals surface area contributed by atoms with Gasteiger partial charge in [-0.2, -0.15) is 10.5 Å². The monoisotopic (exact) mass is 520 g/mol. The molecule has 38 heavy (non-hydrogen) atoms. The first-order valence-electron chi connectivity index (χ1n) is 12.0. The lowest BCUT2D eigenvalue weighted by Gasteiger charge is -2.09. The van der Waals surface area contributed by atoms with Gasteiger partial charge in [-0.25, -0.2) is 4.79 Å². The van der Waals surface area contributed by atoms with Crippen molar-refractivity contribution in [1.82, 2.24) is 0 Å². The second-order valence-corrected chi connectivity index (χ2v) is 9.56. The summed E-state index contributed by atoms with van der Waals surface area (Å²) in [6.45, 7) is 3.97. The van der Waals surface area contributed by atoms with Crippen LogP contribution in [-0.4, -0.2) is 18.4 Å². The van der Waals surface area contributed by atoms with E-state index in [1.807, 2.05) is 30.3 Å². The molecule has 3 aromatic carbocycles. The molecule has 0 saturated heterocycles. The summed E-state index contributed by atoms with van der Waals surface area (Å²) in [5, 5.41) is 21.5. The third-order valence-corrected chi connectivity index (χ3v) is 7.27. The third kappa shape index (κ3) is 5.81. The van der Waals surface area contributed by atoms with Gasteiger partial charge >= 0.3 is 5.97 Å². The first-order valence-corrected chi connectivity index (χ1v) is 12.8. The van der Waals surface area contributed by atoms with E-state index in [1.165, 1.54) is 6.08 Å². The topological polar surface area (TPSA) is 100 Å². The Morgan fingerprint density at radius 3 is 2.45 bits per heavy atom.